The summed E-state index contributed by atoms with van der Waals surface area (Å²) in [6.07, 6.45) is 0. The summed E-state index contributed by atoms with van der Waals surface area (Å²) in [4.78, 5) is 2.31. The van der Waals surface area contributed by atoms with E-state index in [-0.39, 0.29) is 0 Å². The second-order valence-corrected chi connectivity index (χ2v) is 14.1. The number of fused-ring (bicyclic) bond motifs is 10. The molecule has 0 saturated carbocycles. The van der Waals surface area contributed by atoms with Crippen LogP contribution < -0.4 is 9.64 Å². The van der Waals surface area contributed by atoms with Crippen molar-refractivity contribution in [1.82, 2.24) is 0 Å². The Morgan fingerprint density at radius 3 is 1.75 bits per heavy atom. The number of benzene rings is 9. The predicted octanol–water partition coefficient (Wildman–Crippen LogP) is 15.0. The number of hydrogen-bond acceptors (Lipinski definition) is 3. The fourth-order valence-corrected chi connectivity index (χ4v) is 8.22. The van der Waals surface area contributed by atoms with Crippen LogP contribution in [0, 0.1) is 0 Å². The number of ether oxygens (including phenoxy) is 1. The normalized spacial score (nSPS) is 11.8. The van der Waals surface area contributed by atoms with Gasteiger partial charge in [0.15, 0.2) is 0 Å². The highest BCUT2D eigenvalue weighted by molar-refractivity contribution is 6.08. The highest BCUT2D eigenvalue weighted by Crippen LogP contribution is 2.52. The van der Waals surface area contributed by atoms with E-state index in [9.17, 15) is 0 Å². The van der Waals surface area contributed by atoms with Gasteiger partial charge in [-0.3, -0.25) is 0 Å². The Hall–Kier alpha value is -7.36. The van der Waals surface area contributed by atoms with Gasteiger partial charge in [-0.1, -0.05) is 133 Å². The van der Waals surface area contributed by atoms with Crippen molar-refractivity contribution in [3.63, 3.8) is 0 Å². The second-order valence-electron chi connectivity index (χ2n) is 14.1. The van der Waals surface area contributed by atoms with E-state index in [1.165, 1.54) is 27.5 Å². The van der Waals surface area contributed by atoms with E-state index in [0.717, 1.165) is 78.3 Å². The molecule has 9 aromatic carbocycles. The molecule has 1 aliphatic heterocycles. The van der Waals surface area contributed by atoms with E-state index in [0.29, 0.717) is 0 Å². The molecule has 11 rings (SSSR count). The maximum atomic E-state index is 6.96. The van der Waals surface area contributed by atoms with Crippen molar-refractivity contribution in [1.29, 1.82) is 0 Å². The van der Waals surface area contributed by atoms with Crippen molar-refractivity contribution in [2.75, 3.05) is 4.90 Å². The van der Waals surface area contributed by atoms with E-state index in [1.54, 1.807) is 0 Å². The molecule has 55 heavy (non-hydrogen) atoms. The molecule has 0 radical (unpaired) electrons. The van der Waals surface area contributed by atoms with Gasteiger partial charge in [0, 0.05) is 50.6 Å². The largest absolute Gasteiger partial charge is 0.456 e. The van der Waals surface area contributed by atoms with E-state index in [4.69, 9.17) is 9.15 Å². The highest BCUT2D eigenvalue weighted by Gasteiger charge is 2.25. The van der Waals surface area contributed by atoms with Gasteiger partial charge in [-0.25, -0.2) is 0 Å². The van der Waals surface area contributed by atoms with Crippen LogP contribution in [0.2, 0.25) is 0 Å². The van der Waals surface area contributed by atoms with Crippen LogP contribution in [0.4, 0.5) is 17.1 Å². The first-order valence-electron chi connectivity index (χ1n) is 18.7. The molecule has 0 bridgehead atoms. The average Bonchev–Trinajstić information content (AvgIpc) is 3.56. The van der Waals surface area contributed by atoms with Crippen molar-refractivity contribution >= 4 is 49.8 Å². The number of anilines is 3. The first kappa shape index (κ1) is 31.2. The number of furan rings is 1. The monoisotopic (exact) mass is 703 g/mol. The molecule has 258 valence electrons. The minimum Gasteiger partial charge on any atom is -0.456 e. The van der Waals surface area contributed by atoms with Crippen LogP contribution in [0.3, 0.4) is 0 Å². The van der Waals surface area contributed by atoms with Crippen LogP contribution in [0.15, 0.2) is 205 Å². The average molecular weight is 704 g/mol. The smallest absolute Gasteiger partial charge is 0.137 e. The van der Waals surface area contributed by atoms with Gasteiger partial charge in [0.05, 0.1) is 0 Å². The number of nitrogens with zero attached hydrogens (tertiary/aromatic N) is 1. The fraction of sp³-hybridized carbons (Fsp3) is 0. The van der Waals surface area contributed by atoms with Gasteiger partial charge >= 0.3 is 0 Å². The molecular weight excluding hydrogens is 671 g/mol. The minimum absolute atomic E-state index is 0.816. The SMILES string of the molecule is c1ccc(-c2ccc(N(c3ccc4c(c3)-c3ccc5ccccc5c3-c3ccc(-c5ccccc5)cc3O4)c3ccc4c(c3)oc3ccccc34)cc2)cc1. The molecular formula is C52H33NO2. The van der Waals surface area contributed by atoms with Crippen LogP contribution in [-0.4, -0.2) is 0 Å². The standard InChI is InChI=1S/C52H33NO2/c1-3-11-34(12-4-1)36-19-23-39(24-20-36)53(41-25-29-44-43-17-9-10-18-48(43)54-51(44)33-41)40-26-30-49-47(32-40)45-27-21-37-15-7-8-16-42(37)52(45)46-28-22-38(31-50(46)55-49)35-13-5-2-6-14-35/h1-33H. The third kappa shape index (κ3) is 5.28. The maximum Gasteiger partial charge on any atom is 0.137 e. The molecule has 1 aliphatic rings. The molecule has 1 aromatic heterocycles. The Morgan fingerprint density at radius 2 is 0.927 bits per heavy atom. The summed E-state index contributed by atoms with van der Waals surface area (Å²) in [7, 11) is 0. The Bertz CT molecular complexity index is 3050. The Labute approximate surface area is 318 Å². The van der Waals surface area contributed by atoms with E-state index < -0.39 is 0 Å². The third-order valence-corrected chi connectivity index (χ3v) is 10.9. The molecule has 0 spiro atoms. The third-order valence-electron chi connectivity index (χ3n) is 10.9. The summed E-state index contributed by atoms with van der Waals surface area (Å²) in [6.45, 7) is 0. The summed E-state index contributed by atoms with van der Waals surface area (Å²) in [5.74, 6) is 1.66. The van der Waals surface area contributed by atoms with Crippen LogP contribution >= 0.6 is 0 Å². The predicted molar refractivity (Wildman–Crippen MR) is 228 cm³/mol. The second kappa shape index (κ2) is 12.6. The molecule has 0 aliphatic carbocycles. The maximum absolute atomic E-state index is 6.96. The zero-order chi connectivity index (χ0) is 36.3. The Morgan fingerprint density at radius 1 is 0.327 bits per heavy atom. The van der Waals surface area contributed by atoms with Crippen molar-refractivity contribution in [2.45, 2.75) is 0 Å². The highest BCUT2D eigenvalue weighted by atomic mass is 16.5. The fourth-order valence-electron chi connectivity index (χ4n) is 8.22. The molecule has 0 amide bonds. The lowest BCUT2D eigenvalue weighted by Gasteiger charge is -2.27. The number of para-hydroxylation sites is 1. The molecule has 0 unspecified atom stereocenters. The Kier molecular flexibility index (Phi) is 7.17. The molecule has 2 heterocycles. The van der Waals surface area contributed by atoms with Gasteiger partial charge in [0.25, 0.3) is 0 Å². The van der Waals surface area contributed by atoms with Gasteiger partial charge in [0.2, 0.25) is 0 Å². The minimum atomic E-state index is 0.816. The Balaban J connectivity index is 1.11. The lowest BCUT2D eigenvalue weighted by molar-refractivity contribution is 0.488. The summed E-state index contributed by atoms with van der Waals surface area (Å²) >= 11 is 0. The van der Waals surface area contributed by atoms with Crippen LogP contribution in [-0.2, 0) is 0 Å². The van der Waals surface area contributed by atoms with Crippen LogP contribution in [0.25, 0.3) is 77.2 Å². The molecule has 10 aromatic rings. The molecule has 0 N–H and O–H groups in total. The van der Waals surface area contributed by atoms with Gasteiger partial charge in [-0.15, -0.1) is 0 Å². The molecule has 0 fully saturated rings. The first-order chi connectivity index (χ1) is 27.2. The summed E-state index contributed by atoms with van der Waals surface area (Å²) in [6, 6.07) is 70.9. The molecule has 3 nitrogen and oxygen atoms in total. The van der Waals surface area contributed by atoms with Gasteiger partial charge in [-0.2, -0.15) is 0 Å². The van der Waals surface area contributed by atoms with E-state index in [1.807, 2.05) is 12.1 Å². The topological polar surface area (TPSA) is 25.6 Å². The lowest BCUT2D eigenvalue weighted by Crippen LogP contribution is -2.10. The summed E-state index contributed by atoms with van der Waals surface area (Å²) in [5, 5.41) is 4.60. The van der Waals surface area contributed by atoms with Crippen molar-refractivity contribution in [2.24, 2.45) is 0 Å². The summed E-state index contributed by atoms with van der Waals surface area (Å²) < 4.78 is 13.4. The van der Waals surface area contributed by atoms with Crippen molar-refractivity contribution in [3.8, 4) is 56.0 Å². The van der Waals surface area contributed by atoms with Crippen molar-refractivity contribution < 1.29 is 9.15 Å². The van der Waals surface area contributed by atoms with Crippen molar-refractivity contribution in [3.05, 3.63) is 200 Å². The van der Waals surface area contributed by atoms with Crippen LogP contribution in [0.1, 0.15) is 0 Å². The zero-order valence-electron chi connectivity index (χ0n) is 29.8. The van der Waals surface area contributed by atoms with Gasteiger partial charge < -0.3 is 14.1 Å². The first-order valence-corrected chi connectivity index (χ1v) is 18.7. The molecule has 0 saturated heterocycles. The number of rotatable bonds is 5. The molecule has 0 atom stereocenters. The van der Waals surface area contributed by atoms with Crippen LogP contribution in [0.5, 0.6) is 11.5 Å². The quantitative estimate of drug-likeness (QED) is 0.178. The number of hydrogen-bond donors (Lipinski definition) is 0. The zero-order valence-corrected chi connectivity index (χ0v) is 29.8. The summed E-state index contributed by atoms with van der Waals surface area (Å²) in [5.41, 5.74) is 13.8. The van der Waals surface area contributed by atoms with E-state index in [2.05, 4.69) is 193 Å². The van der Waals surface area contributed by atoms with Gasteiger partial charge in [-0.05, 0) is 99.3 Å². The molecule has 3 heteroatoms. The van der Waals surface area contributed by atoms with E-state index >= 15 is 0 Å². The van der Waals surface area contributed by atoms with Gasteiger partial charge in [0.1, 0.15) is 22.7 Å². The lowest BCUT2D eigenvalue weighted by atomic mass is 9.89.